The Hall–Kier alpha value is -2.11. The van der Waals surface area contributed by atoms with Gasteiger partial charge in [0, 0.05) is 28.3 Å². The molecular formula is C22H23BN2OS. The lowest BCUT2D eigenvalue weighted by atomic mass is 9.81. The van der Waals surface area contributed by atoms with Gasteiger partial charge in [0.25, 0.3) is 0 Å². The fourth-order valence-corrected chi connectivity index (χ4v) is 4.56. The zero-order valence-corrected chi connectivity index (χ0v) is 17.0. The van der Waals surface area contributed by atoms with Crippen LogP contribution in [-0.4, -0.2) is 26.5 Å². The standard InChI is InChI=1S/C22H23BN2OS/c1-21(2)22(3,4)27-23(26-21)18-14-16(19-9-5-7-11-24-19)13-17(15-18)20-10-6-8-12-25-20/h5-15H,1-4H3. The summed E-state index contributed by atoms with van der Waals surface area (Å²) in [5.74, 6) is 0. The van der Waals surface area contributed by atoms with Crippen molar-refractivity contribution in [1.29, 1.82) is 0 Å². The molecule has 1 saturated heterocycles. The minimum atomic E-state index is -0.200. The smallest absolute Gasteiger partial charge is 0.397 e. The zero-order chi connectivity index (χ0) is 19.1. The predicted molar refractivity (Wildman–Crippen MR) is 115 cm³/mol. The van der Waals surface area contributed by atoms with Crippen LogP contribution in [0.3, 0.4) is 0 Å². The van der Waals surface area contributed by atoms with Crippen molar-refractivity contribution in [1.82, 2.24) is 9.97 Å². The molecule has 0 spiro atoms. The van der Waals surface area contributed by atoms with E-state index in [9.17, 15) is 0 Å². The van der Waals surface area contributed by atoms with Gasteiger partial charge in [0.15, 0.2) is 0 Å². The number of aromatic nitrogens is 2. The summed E-state index contributed by atoms with van der Waals surface area (Å²) >= 11 is 1.87. The summed E-state index contributed by atoms with van der Waals surface area (Å²) in [7, 11) is 0. The second-order valence-corrected chi connectivity index (χ2v) is 9.55. The van der Waals surface area contributed by atoms with Gasteiger partial charge in [-0.15, -0.1) is 0 Å². The molecule has 0 saturated carbocycles. The van der Waals surface area contributed by atoms with Crippen LogP contribution >= 0.6 is 11.6 Å². The van der Waals surface area contributed by atoms with Crippen LogP contribution in [-0.2, 0) is 4.65 Å². The number of rotatable bonds is 3. The highest BCUT2D eigenvalue weighted by molar-refractivity contribution is 8.27. The van der Waals surface area contributed by atoms with Crippen molar-refractivity contribution in [3.8, 4) is 22.5 Å². The Bertz CT molecular complexity index is 871. The number of hydrogen-bond acceptors (Lipinski definition) is 4. The third-order valence-electron chi connectivity index (χ3n) is 5.40. The summed E-state index contributed by atoms with van der Waals surface area (Å²) in [6, 6.07) is 18.5. The van der Waals surface area contributed by atoms with E-state index in [4.69, 9.17) is 4.65 Å². The summed E-state index contributed by atoms with van der Waals surface area (Å²) < 4.78 is 6.49. The molecule has 3 heterocycles. The van der Waals surface area contributed by atoms with Gasteiger partial charge in [0.05, 0.1) is 17.0 Å². The van der Waals surface area contributed by atoms with Crippen molar-refractivity contribution in [3.05, 3.63) is 67.0 Å². The van der Waals surface area contributed by atoms with E-state index < -0.39 is 0 Å². The number of pyridine rings is 2. The van der Waals surface area contributed by atoms with Crippen molar-refractivity contribution in [2.75, 3.05) is 0 Å². The van der Waals surface area contributed by atoms with Gasteiger partial charge in [-0.2, -0.15) is 11.6 Å². The third-order valence-corrected chi connectivity index (χ3v) is 7.07. The lowest BCUT2D eigenvalue weighted by Crippen LogP contribution is -2.40. The van der Waals surface area contributed by atoms with Gasteiger partial charge in [-0.1, -0.05) is 24.3 Å². The SMILES string of the molecule is CC1(C)OB(c2cc(-c3ccccn3)cc(-c3ccccn3)c2)SC1(C)C. The summed E-state index contributed by atoms with van der Waals surface area (Å²) in [4.78, 5) is 9.08. The van der Waals surface area contributed by atoms with Gasteiger partial charge in [0.1, 0.15) is 0 Å². The zero-order valence-electron chi connectivity index (χ0n) is 16.1. The molecule has 0 aliphatic carbocycles. The maximum absolute atomic E-state index is 6.45. The quantitative estimate of drug-likeness (QED) is 0.616. The van der Waals surface area contributed by atoms with Gasteiger partial charge >= 0.3 is 6.19 Å². The topological polar surface area (TPSA) is 35.0 Å². The molecule has 0 radical (unpaired) electrons. The van der Waals surface area contributed by atoms with E-state index in [0.29, 0.717) is 0 Å². The van der Waals surface area contributed by atoms with E-state index in [2.05, 4.69) is 55.9 Å². The summed E-state index contributed by atoms with van der Waals surface area (Å²) in [6.45, 7) is 8.84. The Balaban J connectivity index is 1.82. The fraction of sp³-hybridized carbons (Fsp3) is 0.273. The van der Waals surface area contributed by atoms with E-state index in [0.717, 1.165) is 28.0 Å². The Morgan fingerprint density at radius 3 is 1.78 bits per heavy atom. The molecule has 3 aromatic rings. The third kappa shape index (κ3) is 3.54. The average Bonchev–Trinajstić information content (AvgIpc) is 2.90. The molecule has 1 aliphatic rings. The molecule has 136 valence electrons. The first-order valence-corrected chi connectivity index (χ1v) is 10.1. The average molecular weight is 374 g/mol. The Morgan fingerprint density at radius 2 is 1.37 bits per heavy atom. The molecule has 1 aromatic carbocycles. The number of benzene rings is 1. The number of hydrogen-bond donors (Lipinski definition) is 0. The van der Waals surface area contributed by atoms with Gasteiger partial charge in [-0.25, -0.2) is 0 Å². The summed E-state index contributed by atoms with van der Waals surface area (Å²) in [5, 5.41) is 0. The van der Waals surface area contributed by atoms with Crippen molar-refractivity contribution < 1.29 is 4.65 Å². The maximum atomic E-state index is 6.45. The predicted octanol–water partition coefficient (Wildman–Crippen LogP) is 4.83. The Labute approximate surface area is 165 Å². The van der Waals surface area contributed by atoms with E-state index in [1.54, 1.807) is 0 Å². The first kappa shape index (κ1) is 18.3. The highest BCUT2D eigenvalue weighted by atomic mass is 32.2. The molecule has 5 heteroatoms. The van der Waals surface area contributed by atoms with Crippen LogP contribution in [0, 0.1) is 0 Å². The van der Waals surface area contributed by atoms with E-state index in [1.807, 2.05) is 60.4 Å². The molecule has 0 N–H and O–H groups in total. The Morgan fingerprint density at radius 1 is 0.815 bits per heavy atom. The van der Waals surface area contributed by atoms with Crippen LogP contribution < -0.4 is 5.46 Å². The molecule has 3 nitrogen and oxygen atoms in total. The fourth-order valence-electron chi connectivity index (χ4n) is 3.13. The van der Waals surface area contributed by atoms with Crippen LogP contribution in [0.15, 0.2) is 67.0 Å². The van der Waals surface area contributed by atoms with Crippen LogP contribution in [0.4, 0.5) is 0 Å². The molecule has 0 amide bonds. The van der Waals surface area contributed by atoms with E-state index in [-0.39, 0.29) is 16.5 Å². The molecule has 27 heavy (non-hydrogen) atoms. The van der Waals surface area contributed by atoms with Crippen LogP contribution in [0.2, 0.25) is 0 Å². The van der Waals surface area contributed by atoms with Gasteiger partial charge in [0.2, 0.25) is 0 Å². The van der Waals surface area contributed by atoms with Crippen LogP contribution in [0.25, 0.3) is 22.5 Å². The molecule has 1 fully saturated rings. The first-order valence-electron chi connectivity index (χ1n) is 9.19. The van der Waals surface area contributed by atoms with Gasteiger partial charge in [-0.05, 0) is 63.5 Å². The minimum absolute atomic E-state index is 0.0128. The summed E-state index contributed by atoms with van der Waals surface area (Å²) in [6.07, 6.45) is 3.64. The largest absolute Gasteiger partial charge is 0.416 e. The van der Waals surface area contributed by atoms with Crippen LogP contribution in [0.1, 0.15) is 27.7 Å². The second kappa shape index (κ2) is 6.81. The van der Waals surface area contributed by atoms with Gasteiger partial charge < -0.3 is 4.65 Å². The lowest BCUT2D eigenvalue weighted by Gasteiger charge is -2.32. The van der Waals surface area contributed by atoms with Crippen molar-refractivity contribution in [2.24, 2.45) is 0 Å². The highest BCUT2D eigenvalue weighted by Crippen LogP contribution is 2.47. The number of nitrogens with zero attached hydrogens (tertiary/aromatic N) is 2. The monoisotopic (exact) mass is 374 g/mol. The first-order chi connectivity index (χ1) is 12.9. The van der Waals surface area contributed by atoms with Crippen molar-refractivity contribution in [2.45, 2.75) is 38.0 Å². The van der Waals surface area contributed by atoms with E-state index >= 15 is 0 Å². The molecule has 4 rings (SSSR count). The maximum Gasteiger partial charge on any atom is 0.397 e. The molecule has 2 aromatic heterocycles. The molecule has 1 aliphatic heterocycles. The molecule has 0 bridgehead atoms. The molecular weight excluding hydrogens is 351 g/mol. The molecule has 0 atom stereocenters. The normalized spacial score (nSPS) is 17.9. The van der Waals surface area contributed by atoms with E-state index in [1.165, 1.54) is 0 Å². The lowest BCUT2D eigenvalue weighted by molar-refractivity contribution is 0.0938. The van der Waals surface area contributed by atoms with Crippen molar-refractivity contribution in [3.63, 3.8) is 0 Å². The van der Waals surface area contributed by atoms with Crippen LogP contribution in [0.5, 0.6) is 0 Å². The minimum Gasteiger partial charge on any atom is -0.416 e. The van der Waals surface area contributed by atoms with Crippen molar-refractivity contribution >= 4 is 23.3 Å². The van der Waals surface area contributed by atoms with Gasteiger partial charge in [-0.3, -0.25) is 9.97 Å². The Kier molecular flexibility index (Phi) is 4.61. The highest BCUT2D eigenvalue weighted by Gasteiger charge is 2.50. The second-order valence-electron chi connectivity index (χ2n) is 7.86. The summed E-state index contributed by atoms with van der Waals surface area (Å²) in [5.41, 5.74) is 5.04. The molecule has 0 unspecified atom stereocenters.